The average Bonchev–Trinajstić information content (AvgIpc) is 3.88. The first-order valence-corrected chi connectivity index (χ1v) is 25.6. The van der Waals surface area contributed by atoms with E-state index in [9.17, 15) is 29.3 Å². The molecule has 2 aliphatic rings. The largest absolute Gasteiger partial charge is 0.493 e. The lowest BCUT2D eigenvalue weighted by Gasteiger charge is -2.38. The maximum absolute atomic E-state index is 14.4. The highest BCUT2D eigenvalue weighted by atomic mass is 28.4. The predicted molar refractivity (Wildman–Crippen MR) is 267 cm³/mol. The third kappa shape index (κ3) is 13.4. The second-order valence-electron chi connectivity index (χ2n) is 18.6. The van der Waals surface area contributed by atoms with Crippen molar-refractivity contribution in [2.45, 2.75) is 97.3 Å². The fourth-order valence-electron chi connectivity index (χ4n) is 7.71. The Bertz CT molecular complexity index is 2500. The number of ether oxygens (including phenoxy) is 5. The van der Waals surface area contributed by atoms with Gasteiger partial charge in [-0.15, -0.1) is 0 Å². The Morgan fingerprint density at radius 2 is 1.28 bits per heavy atom. The quantitative estimate of drug-likeness (QED) is 0.0471. The average molecular weight is 968 g/mol. The molecule has 69 heavy (non-hydrogen) atoms. The van der Waals surface area contributed by atoms with E-state index in [2.05, 4.69) is 70.8 Å². The van der Waals surface area contributed by atoms with Crippen molar-refractivity contribution in [2.75, 3.05) is 50.7 Å². The van der Waals surface area contributed by atoms with Crippen molar-refractivity contribution in [1.82, 2.24) is 9.80 Å². The van der Waals surface area contributed by atoms with Gasteiger partial charge in [-0.05, 0) is 79.2 Å². The van der Waals surface area contributed by atoms with Crippen molar-refractivity contribution in [3.8, 4) is 17.2 Å². The number of amides is 4. The van der Waals surface area contributed by atoms with Gasteiger partial charge < -0.3 is 37.9 Å². The first kappa shape index (κ1) is 53.0. The number of methoxy groups -OCH3 is 1. The number of benzene rings is 3. The van der Waals surface area contributed by atoms with E-state index in [4.69, 9.17) is 28.1 Å². The van der Waals surface area contributed by atoms with Gasteiger partial charge >= 0.3 is 12.2 Å². The zero-order valence-corrected chi connectivity index (χ0v) is 42.0. The van der Waals surface area contributed by atoms with Crippen LogP contribution in [0.3, 0.4) is 0 Å². The Labute approximate surface area is 405 Å². The molecule has 4 amide bonds. The third-order valence-electron chi connectivity index (χ3n) is 12.4. The fourth-order valence-corrected chi connectivity index (χ4v) is 8.75. The van der Waals surface area contributed by atoms with Crippen molar-refractivity contribution in [1.29, 1.82) is 0 Å². The van der Waals surface area contributed by atoms with E-state index in [-0.39, 0.29) is 101 Å². The number of nitro benzene ring substituents is 1. The van der Waals surface area contributed by atoms with E-state index in [1.54, 1.807) is 28.9 Å². The Morgan fingerprint density at radius 1 is 0.783 bits per heavy atom. The van der Waals surface area contributed by atoms with Crippen LogP contribution in [0.5, 0.6) is 17.2 Å². The van der Waals surface area contributed by atoms with E-state index in [1.165, 1.54) is 49.6 Å². The van der Waals surface area contributed by atoms with Gasteiger partial charge in [-0.25, -0.2) is 9.59 Å². The van der Waals surface area contributed by atoms with Crippen molar-refractivity contribution in [3.63, 3.8) is 0 Å². The molecule has 18 heteroatoms. The summed E-state index contributed by atoms with van der Waals surface area (Å²) in [6.45, 7) is 30.4. The number of non-ortho nitro benzene ring substituents is 1. The Kier molecular flexibility index (Phi) is 17.6. The molecular formula is C51H65N5O12Si. The number of carbonyl (C=O) groups is 4. The van der Waals surface area contributed by atoms with Crippen LogP contribution < -0.4 is 24.8 Å². The van der Waals surface area contributed by atoms with Crippen molar-refractivity contribution >= 4 is 49.4 Å². The lowest BCUT2D eigenvalue weighted by atomic mass is 10.1. The first-order valence-electron chi connectivity index (χ1n) is 22.7. The maximum atomic E-state index is 14.4. The first-order chi connectivity index (χ1) is 32.6. The Morgan fingerprint density at radius 3 is 1.77 bits per heavy atom. The topological polar surface area (TPSA) is 197 Å². The lowest BCUT2D eigenvalue weighted by molar-refractivity contribution is -0.385. The van der Waals surface area contributed by atoms with Gasteiger partial charge in [0.15, 0.2) is 19.8 Å². The molecule has 0 spiro atoms. The maximum Gasteiger partial charge on any atom is 0.411 e. The van der Waals surface area contributed by atoms with Crippen molar-refractivity contribution in [2.24, 2.45) is 0 Å². The van der Waals surface area contributed by atoms with E-state index in [0.717, 1.165) is 11.1 Å². The summed E-state index contributed by atoms with van der Waals surface area (Å²) in [5, 5.41) is 17.5. The van der Waals surface area contributed by atoms with Crippen LogP contribution in [0.25, 0.3) is 0 Å². The number of aryl methyl sites for hydroxylation is 1. The van der Waals surface area contributed by atoms with E-state index in [1.807, 2.05) is 6.92 Å². The molecule has 5 rings (SSSR count). The number of carbonyl (C=O) groups excluding carboxylic acids is 4. The molecule has 0 bridgehead atoms. The van der Waals surface area contributed by atoms with Crippen LogP contribution in [0, 0.1) is 17.0 Å². The summed E-state index contributed by atoms with van der Waals surface area (Å²) >= 11 is 0. The van der Waals surface area contributed by atoms with Crippen LogP contribution in [0.1, 0.15) is 84.4 Å². The zero-order valence-electron chi connectivity index (χ0n) is 41.0. The van der Waals surface area contributed by atoms with Gasteiger partial charge in [-0.1, -0.05) is 77.3 Å². The highest BCUT2D eigenvalue weighted by Crippen LogP contribution is 2.39. The molecule has 3 aromatic carbocycles. The standard InChI is InChI=1S/C51H65N5O12Si/c1-13-16-64-49(59)52-42-25-44(34(6)20-40(42)47(57)55-28-33(5)19-39(55)31-68-69(11,12)51(7,8)9)66-29-35-21-36(23-38(22-35)56(61)62)30-67-46-26-43(53-50(60)65-17-14-2)41(24-45(46)63-10)48(58)54-27-32(4)18-37(54)15-3/h13-14,20-26,37,39H,1-2,4-5,15-19,27-31H2,3,6-12H3,(H,52,59)(H,53,60)/t37-,39+/m1/s1. The molecule has 370 valence electrons. The monoisotopic (exact) mass is 967 g/mol. The molecule has 2 saturated heterocycles. The highest BCUT2D eigenvalue weighted by molar-refractivity contribution is 6.74. The number of hydrogen-bond donors (Lipinski definition) is 2. The van der Waals surface area contributed by atoms with E-state index in [0.29, 0.717) is 55.6 Å². The molecule has 2 atom stereocenters. The van der Waals surface area contributed by atoms with E-state index < -0.39 is 25.4 Å². The predicted octanol–water partition coefficient (Wildman–Crippen LogP) is 10.5. The molecule has 0 saturated carbocycles. The highest BCUT2D eigenvalue weighted by Gasteiger charge is 2.40. The summed E-state index contributed by atoms with van der Waals surface area (Å²) in [5.41, 5.74) is 3.45. The molecule has 17 nitrogen and oxygen atoms in total. The van der Waals surface area contributed by atoms with Crippen LogP contribution in [0.4, 0.5) is 26.7 Å². The second kappa shape index (κ2) is 22.9. The second-order valence-corrected chi connectivity index (χ2v) is 23.4. The van der Waals surface area contributed by atoms with Gasteiger partial charge in [-0.2, -0.15) is 0 Å². The van der Waals surface area contributed by atoms with Gasteiger partial charge in [-0.3, -0.25) is 30.3 Å². The van der Waals surface area contributed by atoms with E-state index >= 15 is 0 Å². The summed E-state index contributed by atoms with van der Waals surface area (Å²) in [6, 6.07) is 10.1. The number of rotatable bonds is 20. The Hall–Kier alpha value is -6.92. The molecular weight excluding hydrogens is 903 g/mol. The minimum Gasteiger partial charge on any atom is -0.493 e. The van der Waals surface area contributed by atoms with Crippen LogP contribution in [-0.4, -0.2) is 99.1 Å². The van der Waals surface area contributed by atoms with Gasteiger partial charge in [0.05, 0.1) is 47.2 Å². The molecule has 2 N–H and O–H groups in total. The molecule has 0 unspecified atom stereocenters. The summed E-state index contributed by atoms with van der Waals surface area (Å²) in [7, 11) is -0.746. The number of nitrogens with one attached hydrogen (secondary N) is 2. The number of anilines is 2. The minimum absolute atomic E-state index is 0.0335. The third-order valence-corrected chi connectivity index (χ3v) is 16.9. The van der Waals surface area contributed by atoms with Crippen LogP contribution in [-0.2, 0) is 27.1 Å². The summed E-state index contributed by atoms with van der Waals surface area (Å²) in [4.78, 5) is 69.3. The number of nitrogens with zero attached hydrogens (tertiary/aromatic N) is 3. The van der Waals surface area contributed by atoms with Crippen LogP contribution in [0.15, 0.2) is 92.1 Å². The molecule has 2 aliphatic heterocycles. The molecule has 2 fully saturated rings. The van der Waals surface area contributed by atoms with Gasteiger partial charge in [0, 0.05) is 43.4 Å². The number of hydrogen-bond acceptors (Lipinski definition) is 12. The van der Waals surface area contributed by atoms with Gasteiger partial charge in [0.1, 0.15) is 32.2 Å². The minimum atomic E-state index is -2.15. The van der Waals surface area contributed by atoms with Crippen molar-refractivity contribution < 1.29 is 52.2 Å². The van der Waals surface area contributed by atoms with Crippen molar-refractivity contribution in [3.05, 3.63) is 130 Å². The van der Waals surface area contributed by atoms with Gasteiger partial charge in [0.25, 0.3) is 17.5 Å². The van der Waals surface area contributed by atoms with Gasteiger partial charge in [0.2, 0.25) is 0 Å². The molecule has 0 radical (unpaired) electrons. The zero-order chi connectivity index (χ0) is 50.8. The van der Waals surface area contributed by atoms with Crippen LogP contribution in [0.2, 0.25) is 18.1 Å². The molecule has 0 aliphatic carbocycles. The van der Waals surface area contributed by atoms with Crippen LogP contribution >= 0.6 is 0 Å². The normalized spacial score (nSPS) is 15.9. The number of nitro groups is 1. The lowest BCUT2D eigenvalue weighted by Crippen LogP contribution is -2.46. The summed E-state index contributed by atoms with van der Waals surface area (Å²) in [6.07, 6.45) is 3.10. The SMILES string of the molecule is C=CCOC(=O)Nc1cc(OCc2cc(COc3cc(NC(=O)OCC=C)c(C(=O)N4CC(=C)C[C@H]4CO[Si](C)(C)C(C)(C)C)cc3C)cc([N+](=O)[O-])c2)c(OC)cc1C(=O)N1CC(=C)C[C@H]1CC. The molecule has 3 aromatic rings. The Balaban J connectivity index is 1.42. The molecule has 0 aromatic heterocycles. The number of likely N-dealkylation sites (tertiary alicyclic amines) is 2. The summed E-state index contributed by atoms with van der Waals surface area (Å²) < 4.78 is 35.0. The fraction of sp³-hybridized carbons (Fsp3) is 0.412. The molecule has 2 heterocycles. The smallest absolute Gasteiger partial charge is 0.411 e. The summed E-state index contributed by atoms with van der Waals surface area (Å²) in [5.74, 6) is -0.115.